The SMILES string of the molecule is CC(C)NCC1CCCCN1c1nccc2ccccc12. The monoisotopic (exact) mass is 283 g/mol. The summed E-state index contributed by atoms with van der Waals surface area (Å²) in [6, 6.07) is 11.8. The number of nitrogens with zero attached hydrogens (tertiary/aromatic N) is 2. The van der Waals surface area contributed by atoms with E-state index >= 15 is 0 Å². The molecule has 0 amide bonds. The van der Waals surface area contributed by atoms with Crippen LogP contribution in [0.25, 0.3) is 10.8 Å². The minimum absolute atomic E-state index is 0.536. The van der Waals surface area contributed by atoms with Gasteiger partial charge in [-0.05, 0) is 30.7 Å². The molecule has 1 fully saturated rings. The molecule has 1 aliphatic heterocycles. The van der Waals surface area contributed by atoms with Crippen molar-refractivity contribution in [3.8, 4) is 0 Å². The van der Waals surface area contributed by atoms with Crippen LogP contribution >= 0.6 is 0 Å². The number of rotatable bonds is 4. The molecule has 1 N–H and O–H groups in total. The Morgan fingerprint density at radius 2 is 2.10 bits per heavy atom. The van der Waals surface area contributed by atoms with Crippen LogP contribution in [0.3, 0.4) is 0 Å². The van der Waals surface area contributed by atoms with Crippen LogP contribution in [0, 0.1) is 0 Å². The van der Waals surface area contributed by atoms with E-state index < -0.39 is 0 Å². The van der Waals surface area contributed by atoms with E-state index in [1.165, 1.54) is 30.0 Å². The first-order valence-corrected chi connectivity index (χ1v) is 8.09. The minimum atomic E-state index is 0.536. The highest BCUT2D eigenvalue weighted by Gasteiger charge is 2.24. The molecule has 21 heavy (non-hydrogen) atoms. The number of benzene rings is 1. The summed E-state index contributed by atoms with van der Waals surface area (Å²) in [5.41, 5.74) is 0. The highest BCUT2D eigenvalue weighted by molar-refractivity contribution is 5.92. The molecule has 0 aliphatic carbocycles. The molecule has 1 aromatic heterocycles. The zero-order chi connectivity index (χ0) is 14.7. The topological polar surface area (TPSA) is 28.2 Å². The summed E-state index contributed by atoms with van der Waals surface area (Å²) in [6.45, 7) is 6.58. The molecule has 2 heterocycles. The number of pyridine rings is 1. The van der Waals surface area contributed by atoms with Crippen LogP contribution in [0.2, 0.25) is 0 Å². The van der Waals surface area contributed by atoms with Crippen LogP contribution in [-0.4, -0.2) is 30.2 Å². The summed E-state index contributed by atoms with van der Waals surface area (Å²) in [4.78, 5) is 7.22. The van der Waals surface area contributed by atoms with E-state index in [-0.39, 0.29) is 0 Å². The lowest BCUT2D eigenvalue weighted by atomic mass is 10.0. The Kier molecular flexibility index (Phi) is 4.39. The number of piperidine rings is 1. The maximum atomic E-state index is 4.71. The number of aromatic nitrogens is 1. The Bertz CT molecular complexity index is 589. The molecule has 1 unspecified atom stereocenters. The van der Waals surface area contributed by atoms with Gasteiger partial charge in [-0.15, -0.1) is 0 Å². The molecule has 0 spiro atoms. The minimum Gasteiger partial charge on any atom is -0.352 e. The lowest BCUT2D eigenvalue weighted by molar-refractivity contribution is 0.419. The average Bonchev–Trinajstić information content (AvgIpc) is 2.53. The van der Waals surface area contributed by atoms with E-state index in [2.05, 4.69) is 54.4 Å². The molecule has 2 aromatic rings. The van der Waals surface area contributed by atoms with Crippen LogP contribution in [0.15, 0.2) is 36.5 Å². The zero-order valence-corrected chi connectivity index (χ0v) is 13.0. The first-order chi connectivity index (χ1) is 10.3. The molecule has 0 radical (unpaired) electrons. The quantitative estimate of drug-likeness (QED) is 0.929. The fourth-order valence-electron chi connectivity index (χ4n) is 3.20. The first-order valence-electron chi connectivity index (χ1n) is 8.09. The van der Waals surface area contributed by atoms with E-state index in [9.17, 15) is 0 Å². The smallest absolute Gasteiger partial charge is 0.136 e. The second-order valence-corrected chi connectivity index (χ2v) is 6.26. The van der Waals surface area contributed by atoms with Crippen LogP contribution in [0.1, 0.15) is 33.1 Å². The number of hydrogen-bond donors (Lipinski definition) is 1. The predicted molar refractivity (Wildman–Crippen MR) is 89.9 cm³/mol. The summed E-state index contributed by atoms with van der Waals surface area (Å²) in [5.74, 6) is 1.16. The fraction of sp³-hybridized carbons (Fsp3) is 0.500. The van der Waals surface area contributed by atoms with Crippen molar-refractivity contribution in [2.24, 2.45) is 0 Å². The van der Waals surface area contributed by atoms with Crippen molar-refractivity contribution in [1.82, 2.24) is 10.3 Å². The molecular weight excluding hydrogens is 258 g/mol. The van der Waals surface area contributed by atoms with E-state index in [1.54, 1.807) is 0 Å². The third-order valence-corrected chi connectivity index (χ3v) is 4.31. The Labute approximate surface area is 127 Å². The molecule has 1 atom stereocenters. The van der Waals surface area contributed by atoms with E-state index in [1.807, 2.05) is 6.20 Å². The van der Waals surface area contributed by atoms with E-state index in [0.29, 0.717) is 12.1 Å². The highest BCUT2D eigenvalue weighted by atomic mass is 15.2. The molecule has 1 aromatic carbocycles. The molecule has 3 rings (SSSR count). The fourth-order valence-corrected chi connectivity index (χ4v) is 3.20. The van der Waals surface area contributed by atoms with Crippen LogP contribution in [0.5, 0.6) is 0 Å². The number of fused-ring (bicyclic) bond motifs is 1. The van der Waals surface area contributed by atoms with Gasteiger partial charge in [0.15, 0.2) is 0 Å². The van der Waals surface area contributed by atoms with E-state index in [4.69, 9.17) is 4.98 Å². The van der Waals surface area contributed by atoms with Crippen molar-refractivity contribution < 1.29 is 0 Å². The standard InChI is InChI=1S/C18H25N3/c1-14(2)20-13-16-8-5-6-12-21(16)18-17-9-4-3-7-15(17)10-11-19-18/h3-4,7,9-11,14,16,20H,5-6,8,12-13H2,1-2H3. The van der Waals surface area contributed by atoms with Gasteiger partial charge < -0.3 is 10.2 Å². The molecule has 0 saturated carbocycles. The van der Waals surface area contributed by atoms with Gasteiger partial charge in [0, 0.05) is 36.8 Å². The van der Waals surface area contributed by atoms with Crippen molar-refractivity contribution in [3.05, 3.63) is 36.5 Å². The normalized spacial score (nSPS) is 19.4. The number of nitrogens with one attached hydrogen (secondary N) is 1. The van der Waals surface area contributed by atoms with Gasteiger partial charge in [0.05, 0.1) is 0 Å². The van der Waals surface area contributed by atoms with Gasteiger partial charge in [0.25, 0.3) is 0 Å². The average molecular weight is 283 g/mol. The van der Waals surface area contributed by atoms with Crippen molar-refractivity contribution in [2.75, 3.05) is 18.0 Å². The van der Waals surface area contributed by atoms with Gasteiger partial charge in [-0.1, -0.05) is 38.1 Å². The van der Waals surface area contributed by atoms with Gasteiger partial charge in [-0.2, -0.15) is 0 Å². The number of hydrogen-bond acceptors (Lipinski definition) is 3. The maximum Gasteiger partial charge on any atom is 0.136 e. The highest BCUT2D eigenvalue weighted by Crippen LogP contribution is 2.29. The summed E-state index contributed by atoms with van der Waals surface area (Å²) >= 11 is 0. The first kappa shape index (κ1) is 14.3. The lowest BCUT2D eigenvalue weighted by Gasteiger charge is -2.37. The zero-order valence-electron chi connectivity index (χ0n) is 13.0. The van der Waals surface area contributed by atoms with Crippen molar-refractivity contribution in [1.29, 1.82) is 0 Å². The molecule has 0 bridgehead atoms. The number of anilines is 1. The van der Waals surface area contributed by atoms with Crippen LogP contribution in [0.4, 0.5) is 5.82 Å². The summed E-state index contributed by atoms with van der Waals surface area (Å²) in [7, 11) is 0. The summed E-state index contributed by atoms with van der Waals surface area (Å²) in [5, 5.41) is 6.15. The Hall–Kier alpha value is -1.61. The lowest BCUT2D eigenvalue weighted by Crippen LogP contribution is -2.47. The Morgan fingerprint density at radius 3 is 2.95 bits per heavy atom. The third kappa shape index (κ3) is 3.18. The van der Waals surface area contributed by atoms with Crippen LogP contribution in [-0.2, 0) is 0 Å². The van der Waals surface area contributed by atoms with E-state index in [0.717, 1.165) is 18.9 Å². The van der Waals surface area contributed by atoms with Gasteiger partial charge in [-0.3, -0.25) is 0 Å². The van der Waals surface area contributed by atoms with Crippen molar-refractivity contribution in [2.45, 2.75) is 45.2 Å². The van der Waals surface area contributed by atoms with Crippen molar-refractivity contribution >= 4 is 16.6 Å². The van der Waals surface area contributed by atoms with Gasteiger partial charge in [0.2, 0.25) is 0 Å². The second-order valence-electron chi connectivity index (χ2n) is 6.26. The molecule has 112 valence electrons. The Morgan fingerprint density at radius 1 is 1.24 bits per heavy atom. The van der Waals surface area contributed by atoms with Crippen molar-refractivity contribution in [3.63, 3.8) is 0 Å². The van der Waals surface area contributed by atoms with Gasteiger partial charge >= 0.3 is 0 Å². The molecule has 1 aliphatic rings. The second kappa shape index (κ2) is 6.44. The summed E-state index contributed by atoms with van der Waals surface area (Å²) in [6.07, 6.45) is 5.79. The largest absolute Gasteiger partial charge is 0.352 e. The molecular formula is C18H25N3. The molecule has 3 heteroatoms. The molecule has 1 saturated heterocycles. The van der Waals surface area contributed by atoms with Crippen LogP contribution < -0.4 is 10.2 Å². The molecule has 3 nitrogen and oxygen atoms in total. The van der Waals surface area contributed by atoms with Gasteiger partial charge in [-0.25, -0.2) is 4.98 Å². The van der Waals surface area contributed by atoms with Gasteiger partial charge in [0.1, 0.15) is 5.82 Å². The Balaban J connectivity index is 1.91. The maximum absolute atomic E-state index is 4.71. The predicted octanol–water partition coefficient (Wildman–Crippen LogP) is 3.59. The summed E-state index contributed by atoms with van der Waals surface area (Å²) < 4.78 is 0. The third-order valence-electron chi connectivity index (χ3n) is 4.31.